The molecule has 0 heterocycles. The Hall–Kier alpha value is -7.10. The van der Waals surface area contributed by atoms with Crippen LogP contribution in [0, 0.1) is 0 Å². The van der Waals surface area contributed by atoms with Crippen LogP contribution in [0.4, 0.5) is 0 Å². The van der Waals surface area contributed by atoms with E-state index < -0.39 is 30.2 Å². The number of amides is 4. The summed E-state index contributed by atoms with van der Waals surface area (Å²) >= 11 is 0. The van der Waals surface area contributed by atoms with Gasteiger partial charge >= 0.3 is 11.9 Å². The lowest BCUT2D eigenvalue weighted by atomic mass is 9.78. The van der Waals surface area contributed by atoms with Gasteiger partial charge < -0.3 is 51.2 Å². The SMILES string of the molecule is CC(C)(C)c1cc(CCC(=O)NCNC(=O)CCc2cc(C(C)(C)C)c(O)c(C(C)(C)C)c2)cc(C(C)(C)C)c1O.CC(C)(C)c1cc(CCC(=O)OCCNC(=O)CC(=O)NCCOC(=O)CCc2cc(C(C)(C)C)c(O)c(C(C)(C)C)c2)cc(C(C)(C)C)c1O. The second-order valence-corrected chi connectivity index (χ2v) is 32.9. The van der Waals surface area contributed by atoms with Crippen LogP contribution in [0.3, 0.4) is 0 Å². The lowest BCUT2D eigenvalue weighted by molar-refractivity contribution is -0.144. The first-order valence-corrected chi connectivity index (χ1v) is 32.7. The molecule has 0 bridgehead atoms. The average molecular weight is 1280 g/mol. The number of benzene rings is 4. The molecule has 0 atom stereocenters. The summed E-state index contributed by atoms with van der Waals surface area (Å²) in [6, 6.07) is 15.8. The monoisotopic (exact) mass is 1280 g/mol. The summed E-state index contributed by atoms with van der Waals surface area (Å²) < 4.78 is 10.5. The van der Waals surface area contributed by atoms with Crippen LogP contribution in [0.15, 0.2) is 48.5 Å². The van der Waals surface area contributed by atoms with E-state index in [4.69, 9.17) is 9.47 Å². The molecule has 0 unspecified atom stereocenters. The van der Waals surface area contributed by atoms with Gasteiger partial charge in [0.25, 0.3) is 0 Å². The first-order valence-electron chi connectivity index (χ1n) is 32.7. The second kappa shape index (κ2) is 31.7. The Kier molecular flexibility index (Phi) is 27.3. The number of aryl methyl sites for hydroxylation is 4. The van der Waals surface area contributed by atoms with Gasteiger partial charge in [0.1, 0.15) is 42.6 Å². The number of rotatable bonds is 22. The number of hydrogen-bond donors (Lipinski definition) is 8. The predicted octanol–water partition coefficient (Wildman–Crippen LogP) is 13.6. The van der Waals surface area contributed by atoms with Gasteiger partial charge in [-0.3, -0.25) is 28.8 Å². The van der Waals surface area contributed by atoms with Crippen molar-refractivity contribution in [1.29, 1.82) is 0 Å². The predicted molar refractivity (Wildman–Crippen MR) is 369 cm³/mol. The molecule has 4 amide bonds. The number of ether oxygens (including phenoxy) is 2. The van der Waals surface area contributed by atoms with Crippen LogP contribution in [0.2, 0.25) is 0 Å². The van der Waals surface area contributed by atoms with E-state index in [-0.39, 0.29) is 125 Å². The number of hydrogen-bond acceptors (Lipinski definition) is 12. The Bertz CT molecular complexity index is 2870. The van der Waals surface area contributed by atoms with Gasteiger partial charge in [-0.15, -0.1) is 0 Å². The number of carbonyl (C=O) groups is 6. The third-order valence-corrected chi connectivity index (χ3v) is 15.9. The Morgan fingerprint density at radius 2 is 0.500 bits per heavy atom. The Balaban J connectivity index is 0.000000492. The normalized spacial score (nSPS) is 12.5. The van der Waals surface area contributed by atoms with Gasteiger partial charge in [-0.25, -0.2) is 0 Å². The van der Waals surface area contributed by atoms with Crippen LogP contribution in [-0.4, -0.2) is 89.0 Å². The van der Waals surface area contributed by atoms with E-state index in [0.717, 1.165) is 66.8 Å². The highest BCUT2D eigenvalue weighted by Gasteiger charge is 2.31. The third-order valence-electron chi connectivity index (χ3n) is 15.9. The molecule has 0 aromatic heterocycles. The van der Waals surface area contributed by atoms with Gasteiger partial charge in [0, 0.05) is 25.7 Å². The van der Waals surface area contributed by atoms with Crippen LogP contribution in [0.25, 0.3) is 0 Å². The largest absolute Gasteiger partial charge is 0.507 e. The maximum Gasteiger partial charge on any atom is 0.306 e. The number of phenols is 4. The van der Waals surface area contributed by atoms with Crippen LogP contribution >= 0.6 is 0 Å². The maximum absolute atomic E-state index is 12.6. The van der Waals surface area contributed by atoms with Gasteiger partial charge in [0.2, 0.25) is 23.6 Å². The molecule has 512 valence electrons. The van der Waals surface area contributed by atoms with Gasteiger partial charge in [0.05, 0.1) is 19.8 Å². The van der Waals surface area contributed by atoms with Crippen molar-refractivity contribution in [2.45, 2.75) is 267 Å². The minimum Gasteiger partial charge on any atom is -0.507 e. The zero-order valence-electron chi connectivity index (χ0n) is 60.6. The summed E-state index contributed by atoms with van der Waals surface area (Å²) in [5, 5.41) is 54.4. The van der Waals surface area contributed by atoms with E-state index in [0.29, 0.717) is 37.2 Å². The van der Waals surface area contributed by atoms with Gasteiger partial charge in [-0.1, -0.05) is 215 Å². The van der Waals surface area contributed by atoms with Crippen LogP contribution in [-0.2, 0) is 107 Å². The highest BCUT2D eigenvalue weighted by Crippen LogP contribution is 2.44. The summed E-state index contributed by atoms with van der Waals surface area (Å²) in [5.41, 5.74) is 8.75. The standard InChI is InChI=1S/C41H62N2O8.C35H54N2O4/c1-38(2,3)28-21-26(22-29(36(28)48)39(4,5)6)13-15-34(46)50-19-17-42-32(44)25-33(45)43-18-20-51-35(47)16-14-27-23-30(40(7,8)9)37(49)31(24-27)41(10,11)12;1-32(2,3)24-17-22(18-25(30(24)40)33(4,5)6)13-15-28(38)36-21-37-29(39)16-14-23-19-26(34(7,8)9)31(41)27(20-23)35(10,11)12/h21-24,48-49H,13-20,25H2,1-12H3,(H,42,44)(H,43,45);17-20,40-41H,13-16,21H2,1-12H3,(H,36,38)(H,37,39). The van der Waals surface area contributed by atoms with E-state index in [2.05, 4.69) is 104 Å². The molecule has 4 rings (SSSR count). The van der Waals surface area contributed by atoms with Crippen LogP contribution in [0.5, 0.6) is 23.0 Å². The molecule has 0 saturated heterocycles. The fourth-order valence-electron chi connectivity index (χ4n) is 10.5. The average Bonchev–Trinajstić information content (AvgIpc) is 0.815. The van der Waals surface area contributed by atoms with E-state index in [1.807, 2.05) is 132 Å². The van der Waals surface area contributed by atoms with Gasteiger partial charge in [-0.05, 0) is 136 Å². The van der Waals surface area contributed by atoms with Crippen molar-refractivity contribution < 1.29 is 58.7 Å². The van der Waals surface area contributed by atoms with Crippen LogP contribution < -0.4 is 21.3 Å². The Labute approximate surface area is 551 Å². The van der Waals surface area contributed by atoms with E-state index in [9.17, 15) is 49.2 Å². The maximum atomic E-state index is 12.6. The van der Waals surface area contributed by atoms with E-state index in [1.54, 1.807) is 0 Å². The molecule has 4 aromatic rings. The molecule has 4 aromatic carbocycles. The highest BCUT2D eigenvalue weighted by molar-refractivity contribution is 5.96. The molecule has 16 heteroatoms. The molecule has 0 aliphatic rings. The van der Waals surface area contributed by atoms with Crippen molar-refractivity contribution in [2.24, 2.45) is 0 Å². The topological polar surface area (TPSA) is 250 Å². The number of carbonyl (C=O) groups excluding carboxylic acids is 6. The highest BCUT2D eigenvalue weighted by atomic mass is 16.5. The molecule has 0 aliphatic heterocycles. The molecular weight excluding hydrogens is 1160 g/mol. The molecule has 0 aliphatic carbocycles. The summed E-state index contributed by atoms with van der Waals surface area (Å²) in [4.78, 5) is 74.3. The Morgan fingerprint density at radius 3 is 0.696 bits per heavy atom. The lowest BCUT2D eigenvalue weighted by Crippen LogP contribution is -2.37. The summed E-state index contributed by atoms with van der Waals surface area (Å²) in [6.07, 6.45) is 2.42. The minimum absolute atomic E-state index is 0.0304. The summed E-state index contributed by atoms with van der Waals surface area (Å²) in [5.74, 6) is -0.909. The molecule has 92 heavy (non-hydrogen) atoms. The quantitative estimate of drug-likeness (QED) is 0.0158. The summed E-state index contributed by atoms with van der Waals surface area (Å²) in [6.45, 7) is 49.4. The minimum atomic E-state index is -0.521. The van der Waals surface area contributed by atoms with E-state index in [1.165, 1.54) is 0 Å². The van der Waals surface area contributed by atoms with Crippen molar-refractivity contribution in [1.82, 2.24) is 21.3 Å². The zero-order valence-corrected chi connectivity index (χ0v) is 60.6. The molecular formula is C76H116N4O12. The second-order valence-electron chi connectivity index (χ2n) is 32.9. The zero-order chi connectivity index (χ0) is 70.5. The van der Waals surface area contributed by atoms with Gasteiger partial charge in [0.15, 0.2) is 0 Å². The fraction of sp³-hybridized carbons (Fsp3) is 0.605. The van der Waals surface area contributed by atoms with Crippen molar-refractivity contribution in [3.05, 3.63) is 115 Å². The molecule has 0 saturated carbocycles. The first-order chi connectivity index (χ1) is 41.8. The number of esters is 2. The third kappa shape index (κ3) is 25.1. The smallest absolute Gasteiger partial charge is 0.306 e. The Morgan fingerprint density at radius 1 is 0.304 bits per heavy atom. The number of phenolic OH excluding ortho intramolecular Hbond substituents is 4. The first kappa shape index (κ1) is 79.1. The molecule has 0 radical (unpaired) electrons. The van der Waals surface area contributed by atoms with Gasteiger partial charge in [-0.2, -0.15) is 0 Å². The molecule has 0 fully saturated rings. The summed E-state index contributed by atoms with van der Waals surface area (Å²) in [7, 11) is 0. The van der Waals surface area contributed by atoms with Crippen LogP contribution in [0.1, 0.15) is 265 Å². The molecule has 0 spiro atoms. The fourth-order valence-corrected chi connectivity index (χ4v) is 10.5. The lowest BCUT2D eigenvalue weighted by Gasteiger charge is -2.28. The van der Waals surface area contributed by atoms with Crippen molar-refractivity contribution >= 4 is 35.6 Å². The number of nitrogens with one attached hydrogen (secondary N) is 4. The van der Waals surface area contributed by atoms with E-state index >= 15 is 0 Å². The van der Waals surface area contributed by atoms with Crippen molar-refractivity contribution in [3.63, 3.8) is 0 Å². The molecule has 8 N–H and O–H groups in total. The van der Waals surface area contributed by atoms with Crippen molar-refractivity contribution in [3.8, 4) is 23.0 Å². The molecule has 16 nitrogen and oxygen atoms in total. The van der Waals surface area contributed by atoms with Crippen molar-refractivity contribution in [2.75, 3.05) is 33.0 Å². The number of aromatic hydroxyl groups is 4.